The second-order valence-corrected chi connectivity index (χ2v) is 3.08. The maximum atomic E-state index is 12.7. The number of rotatable bonds is 3. The van der Waals surface area contributed by atoms with Crippen LogP contribution in [0.2, 0.25) is 0 Å². The molecule has 1 rings (SSSR count). The van der Waals surface area contributed by atoms with Crippen LogP contribution in [0.5, 0.6) is 11.5 Å². The van der Waals surface area contributed by atoms with Crippen LogP contribution >= 0.6 is 0 Å². The normalized spacial score (nSPS) is 11.4. The third-order valence-corrected chi connectivity index (χ3v) is 2.17. The topological polar surface area (TPSA) is 18.5 Å². The third kappa shape index (κ3) is 2.40. The molecule has 5 heteroatoms. The molecule has 16 heavy (non-hydrogen) atoms. The summed E-state index contributed by atoms with van der Waals surface area (Å²) >= 11 is 0. The van der Waals surface area contributed by atoms with E-state index in [0.29, 0.717) is 0 Å². The van der Waals surface area contributed by atoms with Gasteiger partial charge in [0.25, 0.3) is 0 Å². The summed E-state index contributed by atoms with van der Waals surface area (Å²) in [6, 6.07) is 2.38. The Labute approximate surface area is 92.0 Å². The molecule has 0 aromatic heterocycles. The quantitative estimate of drug-likeness (QED) is 0.797. The molecule has 0 fully saturated rings. The van der Waals surface area contributed by atoms with Crippen molar-refractivity contribution in [3.63, 3.8) is 0 Å². The van der Waals surface area contributed by atoms with Gasteiger partial charge in [-0.1, -0.05) is 6.92 Å². The highest BCUT2D eigenvalue weighted by atomic mass is 19.4. The average molecular weight is 233 g/mol. The van der Waals surface area contributed by atoms with Crippen LogP contribution in [0.3, 0.4) is 0 Å². The van der Waals surface area contributed by atoms with Crippen molar-refractivity contribution in [2.45, 2.75) is 13.1 Å². The van der Waals surface area contributed by atoms with Crippen LogP contribution in [0.25, 0.3) is 0 Å². The molecule has 0 amide bonds. The lowest BCUT2D eigenvalue weighted by atomic mass is 10.0. The number of halogens is 3. The smallest absolute Gasteiger partial charge is 0.416 e. The molecule has 1 aromatic rings. The van der Waals surface area contributed by atoms with Gasteiger partial charge in [0, 0.05) is 11.6 Å². The maximum absolute atomic E-state index is 12.7. The van der Waals surface area contributed by atoms with Crippen LogP contribution in [-0.2, 0) is 6.18 Å². The van der Waals surface area contributed by atoms with Gasteiger partial charge in [0.1, 0.15) is 11.5 Å². The molecule has 0 saturated carbocycles. The van der Waals surface area contributed by atoms with Crippen molar-refractivity contribution in [2.75, 3.05) is 14.2 Å². The number of methoxy groups -OCH3 is 2. The SMILES string of the molecule is C[CH]c1c(OC)cc(OC)cc1C(F)(F)F. The first-order valence-corrected chi connectivity index (χ1v) is 4.56. The van der Waals surface area contributed by atoms with Crippen LogP contribution in [0, 0.1) is 6.42 Å². The van der Waals surface area contributed by atoms with Gasteiger partial charge in [0.05, 0.1) is 19.8 Å². The molecule has 0 atom stereocenters. The largest absolute Gasteiger partial charge is 0.497 e. The molecule has 1 aromatic carbocycles. The second kappa shape index (κ2) is 4.63. The van der Waals surface area contributed by atoms with E-state index in [9.17, 15) is 13.2 Å². The predicted octanol–water partition coefficient (Wildman–Crippen LogP) is 3.29. The molecule has 0 saturated heterocycles. The van der Waals surface area contributed by atoms with Gasteiger partial charge < -0.3 is 9.47 Å². The Morgan fingerprint density at radius 3 is 2.12 bits per heavy atom. The van der Waals surface area contributed by atoms with E-state index in [0.717, 1.165) is 6.07 Å². The molecule has 0 aliphatic heterocycles. The van der Waals surface area contributed by atoms with Gasteiger partial charge in [-0.15, -0.1) is 0 Å². The van der Waals surface area contributed by atoms with Crippen molar-refractivity contribution in [3.05, 3.63) is 29.7 Å². The molecule has 89 valence electrons. The number of hydrogen-bond acceptors (Lipinski definition) is 2. The van der Waals surface area contributed by atoms with Gasteiger partial charge in [-0.05, 0) is 12.5 Å². The molecular formula is C11H12F3O2. The minimum atomic E-state index is -4.43. The molecular weight excluding hydrogens is 221 g/mol. The van der Waals surface area contributed by atoms with Crippen LogP contribution in [0.1, 0.15) is 18.1 Å². The number of benzene rings is 1. The van der Waals surface area contributed by atoms with Gasteiger partial charge in [-0.3, -0.25) is 0 Å². The monoisotopic (exact) mass is 233 g/mol. The van der Waals surface area contributed by atoms with Crippen molar-refractivity contribution in [2.24, 2.45) is 0 Å². The van der Waals surface area contributed by atoms with E-state index in [4.69, 9.17) is 9.47 Å². The zero-order chi connectivity index (χ0) is 12.3. The van der Waals surface area contributed by atoms with E-state index in [-0.39, 0.29) is 17.1 Å². The fourth-order valence-electron chi connectivity index (χ4n) is 1.42. The van der Waals surface area contributed by atoms with E-state index < -0.39 is 11.7 Å². The number of alkyl halides is 3. The summed E-state index contributed by atoms with van der Waals surface area (Å²) in [7, 11) is 2.63. The molecule has 2 nitrogen and oxygen atoms in total. The van der Waals surface area contributed by atoms with Crippen molar-refractivity contribution < 1.29 is 22.6 Å². The predicted molar refractivity (Wildman–Crippen MR) is 53.6 cm³/mol. The molecule has 0 heterocycles. The molecule has 0 aliphatic rings. The molecule has 0 spiro atoms. The molecule has 0 aliphatic carbocycles. The third-order valence-electron chi connectivity index (χ3n) is 2.17. The lowest BCUT2D eigenvalue weighted by Crippen LogP contribution is -2.10. The fraction of sp³-hybridized carbons (Fsp3) is 0.364. The fourth-order valence-corrected chi connectivity index (χ4v) is 1.42. The Balaban J connectivity index is 3.43. The van der Waals surface area contributed by atoms with Crippen LogP contribution in [-0.4, -0.2) is 14.2 Å². The summed E-state index contributed by atoms with van der Waals surface area (Å²) in [5, 5.41) is 0. The molecule has 1 radical (unpaired) electrons. The van der Waals surface area contributed by atoms with Crippen LogP contribution in [0.15, 0.2) is 12.1 Å². The summed E-state index contributed by atoms with van der Waals surface area (Å²) in [5.74, 6) is 0.268. The van der Waals surface area contributed by atoms with Crippen LogP contribution < -0.4 is 9.47 Å². The van der Waals surface area contributed by atoms with Crippen molar-refractivity contribution in [3.8, 4) is 11.5 Å². The van der Waals surface area contributed by atoms with E-state index in [2.05, 4.69) is 0 Å². The van der Waals surface area contributed by atoms with Gasteiger partial charge in [-0.2, -0.15) is 13.2 Å². The minimum Gasteiger partial charge on any atom is -0.497 e. The first-order valence-electron chi connectivity index (χ1n) is 4.56. The van der Waals surface area contributed by atoms with Gasteiger partial charge in [0.2, 0.25) is 0 Å². The lowest BCUT2D eigenvalue weighted by molar-refractivity contribution is -0.138. The Hall–Kier alpha value is -1.39. The second-order valence-electron chi connectivity index (χ2n) is 3.08. The molecule has 0 N–H and O–H groups in total. The van der Waals surface area contributed by atoms with E-state index in [1.54, 1.807) is 0 Å². The Morgan fingerprint density at radius 1 is 1.12 bits per heavy atom. The Bertz CT molecular complexity index is 372. The summed E-state index contributed by atoms with van der Waals surface area (Å²) in [4.78, 5) is 0. The van der Waals surface area contributed by atoms with E-state index >= 15 is 0 Å². The molecule has 0 bridgehead atoms. The zero-order valence-corrected chi connectivity index (χ0v) is 9.18. The van der Waals surface area contributed by atoms with E-state index in [1.807, 2.05) is 0 Å². The first-order chi connectivity index (χ1) is 7.43. The zero-order valence-electron chi connectivity index (χ0n) is 9.18. The maximum Gasteiger partial charge on any atom is 0.416 e. The summed E-state index contributed by atoms with van der Waals surface area (Å²) in [6.07, 6.45) is -3.06. The molecule has 0 unspecified atom stereocenters. The summed E-state index contributed by atoms with van der Waals surface area (Å²) in [6.45, 7) is 1.53. The highest BCUT2D eigenvalue weighted by Crippen LogP contribution is 2.39. The minimum absolute atomic E-state index is 0.0239. The highest BCUT2D eigenvalue weighted by molar-refractivity contribution is 5.51. The lowest BCUT2D eigenvalue weighted by Gasteiger charge is -2.16. The highest BCUT2D eigenvalue weighted by Gasteiger charge is 2.35. The number of ether oxygens (including phenoxy) is 2. The average Bonchev–Trinajstić information content (AvgIpc) is 2.25. The van der Waals surface area contributed by atoms with Crippen molar-refractivity contribution in [1.82, 2.24) is 0 Å². The van der Waals surface area contributed by atoms with Gasteiger partial charge in [0.15, 0.2) is 0 Å². The summed E-state index contributed by atoms with van der Waals surface area (Å²) < 4.78 is 47.9. The van der Waals surface area contributed by atoms with E-state index in [1.165, 1.54) is 33.6 Å². The van der Waals surface area contributed by atoms with Crippen LogP contribution in [0.4, 0.5) is 13.2 Å². The Kier molecular flexibility index (Phi) is 3.67. The number of hydrogen-bond donors (Lipinski definition) is 0. The summed E-state index contributed by atoms with van der Waals surface area (Å²) in [5.41, 5.74) is -0.734. The Morgan fingerprint density at radius 2 is 1.75 bits per heavy atom. The van der Waals surface area contributed by atoms with Crippen molar-refractivity contribution in [1.29, 1.82) is 0 Å². The standard InChI is InChI=1S/C11H12F3O2/c1-4-8-9(11(12,13)14)5-7(15-2)6-10(8)16-3/h4-6H,1-3H3. The van der Waals surface area contributed by atoms with Gasteiger partial charge >= 0.3 is 6.18 Å². The van der Waals surface area contributed by atoms with Gasteiger partial charge in [-0.25, -0.2) is 0 Å². The first kappa shape index (κ1) is 12.7. The van der Waals surface area contributed by atoms with Crippen molar-refractivity contribution >= 4 is 0 Å².